The van der Waals surface area contributed by atoms with E-state index in [1.807, 2.05) is 0 Å². The van der Waals surface area contributed by atoms with Crippen molar-refractivity contribution in [2.45, 2.75) is 19.9 Å². The Morgan fingerprint density at radius 1 is 1.22 bits per heavy atom. The molecule has 142 valence electrons. The van der Waals surface area contributed by atoms with Gasteiger partial charge >= 0.3 is 0 Å². The van der Waals surface area contributed by atoms with Crippen molar-refractivity contribution < 1.29 is 19.1 Å². The first kappa shape index (κ1) is 20.4. The Hall–Kier alpha value is -2.93. The summed E-state index contributed by atoms with van der Waals surface area (Å²) in [4.78, 5) is 24.6. The Morgan fingerprint density at radius 3 is 2.59 bits per heavy atom. The largest absolute Gasteiger partial charge is 0.507 e. The molecule has 3 N–H and O–H groups in total. The van der Waals surface area contributed by atoms with Crippen molar-refractivity contribution in [2.75, 3.05) is 0 Å². The van der Waals surface area contributed by atoms with Crippen LogP contribution in [0.15, 0.2) is 47.6 Å². The highest BCUT2D eigenvalue weighted by atomic mass is 35.5. The Labute approximate surface area is 161 Å². The predicted molar refractivity (Wildman–Crippen MR) is 101 cm³/mol. The number of carbonyl (C=O) groups excluding carboxylic acids is 2. The Kier molecular flexibility index (Phi) is 6.90. The maximum absolute atomic E-state index is 13.7. The lowest BCUT2D eigenvalue weighted by molar-refractivity contribution is -0.123. The predicted octanol–water partition coefficient (Wildman–Crippen LogP) is 3.09. The molecule has 2 aromatic rings. The number of benzene rings is 2. The number of nitrogens with one attached hydrogen (secondary N) is 2. The number of phenols is 1. The quantitative estimate of drug-likeness (QED) is 0.522. The van der Waals surface area contributed by atoms with Gasteiger partial charge in [-0.2, -0.15) is 5.10 Å². The number of rotatable bonds is 6. The van der Waals surface area contributed by atoms with Gasteiger partial charge in [0.25, 0.3) is 11.8 Å². The fourth-order valence-electron chi connectivity index (χ4n) is 2.26. The van der Waals surface area contributed by atoms with Gasteiger partial charge in [-0.1, -0.05) is 37.6 Å². The highest BCUT2D eigenvalue weighted by molar-refractivity contribution is 6.30. The van der Waals surface area contributed by atoms with Gasteiger partial charge < -0.3 is 10.4 Å². The van der Waals surface area contributed by atoms with Crippen molar-refractivity contribution in [1.82, 2.24) is 10.7 Å². The molecule has 0 aliphatic rings. The highest BCUT2D eigenvalue weighted by Crippen LogP contribution is 2.19. The van der Waals surface area contributed by atoms with Crippen LogP contribution in [0.4, 0.5) is 4.39 Å². The molecule has 0 fully saturated rings. The van der Waals surface area contributed by atoms with Crippen molar-refractivity contribution in [3.05, 3.63) is 64.4 Å². The van der Waals surface area contributed by atoms with Crippen molar-refractivity contribution in [2.24, 2.45) is 11.0 Å². The second-order valence-electron chi connectivity index (χ2n) is 6.11. The summed E-state index contributed by atoms with van der Waals surface area (Å²) >= 11 is 5.84. The first-order chi connectivity index (χ1) is 12.8. The SMILES string of the molecule is CC(C)C(NC(=O)c1ccccc1F)C(=O)N/N=C/c1cc(Cl)ccc1O. The summed E-state index contributed by atoms with van der Waals surface area (Å²) in [5.74, 6) is -2.26. The number of hydrazone groups is 1. The van der Waals surface area contributed by atoms with Crippen LogP contribution in [0.5, 0.6) is 5.75 Å². The maximum atomic E-state index is 13.7. The number of nitrogens with zero attached hydrogens (tertiary/aromatic N) is 1. The van der Waals surface area contributed by atoms with Gasteiger partial charge in [-0.3, -0.25) is 9.59 Å². The molecule has 1 unspecified atom stereocenters. The molecule has 0 aliphatic heterocycles. The van der Waals surface area contributed by atoms with Crippen LogP contribution in [0.3, 0.4) is 0 Å². The topological polar surface area (TPSA) is 90.8 Å². The summed E-state index contributed by atoms with van der Waals surface area (Å²) in [6.07, 6.45) is 1.23. The lowest BCUT2D eigenvalue weighted by atomic mass is 10.0. The van der Waals surface area contributed by atoms with Gasteiger partial charge in [-0.05, 0) is 36.2 Å². The van der Waals surface area contributed by atoms with Crippen molar-refractivity contribution in [3.8, 4) is 5.75 Å². The van der Waals surface area contributed by atoms with E-state index < -0.39 is 23.7 Å². The van der Waals surface area contributed by atoms with E-state index >= 15 is 0 Å². The Bertz CT molecular complexity index is 871. The molecular formula is C19H19ClFN3O3. The number of hydrogen-bond acceptors (Lipinski definition) is 4. The molecule has 27 heavy (non-hydrogen) atoms. The van der Waals surface area contributed by atoms with Crippen LogP contribution in [0, 0.1) is 11.7 Å². The number of amides is 2. The zero-order valence-electron chi connectivity index (χ0n) is 14.7. The molecule has 2 amide bonds. The van der Waals surface area contributed by atoms with Gasteiger partial charge in [0.15, 0.2) is 0 Å². The van der Waals surface area contributed by atoms with Gasteiger partial charge in [0, 0.05) is 10.6 Å². The molecular weight excluding hydrogens is 373 g/mol. The van der Waals surface area contributed by atoms with Crippen molar-refractivity contribution in [3.63, 3.8) is 0 Å². The monoisotopic (exact) mass is 391 g/mol. The van der Waals surface area contributed by atoms with Gasteiger partial charge in [0.05, 0.1) is 11.8 Å². The zero-order valence-corrected chi connectivity index (χ0v) is 15.5. The van der Waals surface area contributed by atoms with Crippen molar-refractivity contribution in [1.29, 1.82) is 0 Å². The summed E-state index contributed by atoms with van der Waals surface area (Å²) in [6, 6.07) is 8.97. The third-order valence-corrected chi connectivity index (χ3v) is 3.96. The first-order valence-electron chi connectivity index (χ1n) is 8.16. The fourth-order valence-corrected chi connectivity index (χ4v) is 2.44. The standard InChI is InChI=1S/C19H19ClFN3O3/c1-11(2)17(23-18(26)14-5-3-4-6-15(14)21)19(27)24-22-10-12-9-13(20)7-8-16(12)25/h3-11,17,25H,1-2H3,(H,23,26)(H,24,27)/b22-10+. The summed E-state index contributed by atoms with van der Waals surface area (Å²) in [6.45, 7) is 3.47. The van der Waals surface area contributed by atoms with E-state index in [-0.39, 0.29) is 17.2 Å². The minimum Gasteiger partial charge on any atom is -0.507 e. The van der Waals surface area contributed by atoms with Crippen molar-refractivity contribution >= 4 is 29.6 Å². The highest BCUT2D eigenvalue weighted by Gasteiger charge is 2.25. The molecule has 2 rings (SSSR count). The minimum atomic E-state index is -0.929. The maximum Gasteiger partial charge on any atom is 0.262 e. The molecule has 0 aliphatic carbocycles. The smallest absolute Gasteiger partial charge is 0.262 e. The molecule has 0 bridgehead atoms. The van der Waals surface area contributed by atoms with Gasteiger partial charge in [-0.15, -0.1) is 0 Å². The normalized spacial score (nSPS) is 12.2. The zero-order chi connectivity index (χ0) is 20.0. The van der Waals surface area contributed by atoms with E-state index in [4.69, 9.17) is 11.6 Å². The molecule has 2 aromatic carbocycles. The Balaban J connectivity index is 2.06. The van der Waals surface area contributed by atoms with Crippen LogP contribution >= 0.6 is 11.6 Å². The molecule has 1 atom stereocenters. The van der Waals surface area contributed by atoms with Crippen LogP contribution in [-0.4, -0.2) is 29.2 Å². The lowest BCUT2D eigenvalue weighted by Crippen LogP contribution is -2.48. The van der Waals surface area contributed by atoms with Gasteiger partial charge in [0.2, 0.25) is 0 Å². The van der Waals surface area contributed by atoms with Crippen LogP contribution in [0.25, 0.3) is 0 Å². The third-order valence-electron chi connectivity index (χ3n) is 3.72. The third kappa shape index (κ3) is 5.52. The number of aromatic hydroxyl groups is 1. The Morgan fingerprint density at radius 2 is 1.93 bits per heavy atom. The summed E-state index contributed by atoms with van der Waals surface area (Å²) in [7, 11) is 0. The fraction of sp³-hybridized carbons (Fsp3) is 0.211. The molecule has 0 spiro atoms. The lowest BCUT2D eigenvalue weighted by Gasteiger charge is -2.20. The summed E-state index contributed by atoms with van der Waals surface area (Å²) in [5.41, 5.74) is 2.47. The van der Waals surface area contributed by atoms with Crippen LogP contribution in [0.1, 0.15) is 29.8 Å². The van der Waals surface area contributed by atoms with E-state index in [1.54, 1.807) is 13.8 Å². The van der Waals surface area contributed by atoms with Gasteiger partial charge in [-0.25, -0.2) is 9.82 Å². The summed E-state index contributed by atoms with van der Waals surface area (Å²) < 4.78 is 13.7. The van der Waals surface area contributed by atoms with Crippen LogP contribution in [-0.2, 0) is 4.79 Å². The molecule has 0 saturated heterocycles. The average Bonchev–Trinajstić information content (AvgIpc) is 2.62. The summed E-state index contributed by atoms with van der Waals surface area (Å²) in [5, 5.41) is 16.4. The first-order valence-corrected chi connectivity index (χ1v) is 8.54. The molecule has 0 aromatic heterocycles. The number of phenolic OH excluding ortho intramolecular Hbond substituents is 1. The number of halogens is 2. The van der Waals surface area contributed by atoms with E-state index in [9.17, 15) is 19.1 Å². The van der Waals surface area contributed by atoms with Gasteiger partial charge in [0.1, 0.15) is 17.6 Å². The minimum absolute atomic E-state index is 0.0503. The second kappa shape index (κ2) is 9.14. The number of hydrogen-bond donors (Lipinski definition) is 3. The molecule has 0 heterocycles. The van der Waals surface area contributed by atoms with E-state index in [0.29, 0.717) is 10.6 Å². The van der Waals surface area contributed by atoms with Crippen LogP contribution in [0.2, 0.25) is 5.02 Å². The second-order valence-corrected chi connectivity index (χ2v) is 6.55. The molecule has 0 saturated carbocycles. The molecule has 6 nitrogen and oxygen atoms in total. The van der Waals surface area contributed by atoms with Crippen LogP contribution < -0.4 is 10.7 Å². The molecule has 0 radical (unpaired) electrons. The molecule has 8 heteroatoms. The van der Waals surface area contributed by atoms with E-state index in [0.717, 1.165) is 0 Å². The number of carbonyl (C=O) groups is 2. The average molecular weight is 392 g/mol. The van der Waals surface area contributed by atoms with E-state index in [1.165, 1.54) is 48.7 Å². The van der Waals surface area contributed by atoms with E-state index in [2.05, 4.69) is 15.8 Å².